The van der Waals surface area contributed by atoms with Crippen molar-refractivity contribution in [3.05, 3.63) is 34.0 Å². The van der Waals surface area contributed by atoms with Gasteiger partial charge in [-0.1, -0.05) is 0 Å². The van der Waals surface area contributed by atoms with Gasteiger partial charge in [-0.3, -0.25) is 4.79 Å². The molecule has 4 heteroatoms. The van der Waals surface area contributed by atoms with Crippen LogP contribution in [0.5, 0.6) is 0 Å². The lowest BCUT2D eigenvalue weighted by Gasteiger charge is -2.37. The minimum Gasteiger partial charge on any atom is -0.316 e. The van der Waals surface area contributed by atoms with Gasteiger partial charge in [-0.25, -0.2) is 4.39 Å². The molecule has 1 saturated heterocycles. The number of halogens is 1. The van der Waals surface area contributed by atoms with E-state index in [0.717, 1.165) is 37.8 Å². The smallest absolute Gasteiger partial charge is 0.253 e. The van der Waals surface area contributed by atoms with Crippen LogP contribution < -0.4 is 10.9 Å². The number of pyridine rings is 1. The minimum absolute atomic E-state index is 0.193. The van der Waals surface area contributed by atoms with Gasteiger partial charge in [0.15, 0.2) is 0 Å². The van der Waals surface area contributed by atoms with Crippen molar-refractivity contribution in [2.75, 3.05) is 13.1 Å². The van der Waals surface area contributed by atoms with E-state index in [1.165, 1.54) is 6.07 Å². The maximum absolute atomic E-state index is 13.1. The van der Waals surface area contributed by atoms with Crippen molar-refractivity contribution in [2.45, 2.75) is 18.9 Å². The zero-order valence-corrected chi connectivity index (χ0v) is 8.37. The lowest BCUT2D eigenvalue weighted by atomic mass is 9.84. The van der Waals surface area contributed by atoms with Crippen LogP contribution in [0.4, 0.5) is 4.39 Å². The van der Waals surface area contributed by atoms with Crippen LogP contribution in [0, 0.1) is 11.7 Å². The number of hydrogen-bond acceptors (Lipinski definition) is 2. The van der Waals surface area contributed by atoms with Crippen LogP contribution in [-0.2, 0) is 6.54 Å². The molecule has 0 saturated carbocycles. The predicted molar refractivity (Wildman–Crippen MR) is 54.4 cm³/mol. The molecule has 1 N–H and O–H groups in total. The van der Waals surface area contributed by atoms with Gasteiger partial charge in [-0.15, -0.1) is 0 Å². The summed E-state index contributed by atoms with van der Waals surface area (Å²) in [6.07, 6.45) is 1.08. The largest absolute Gasteiger partial charge is 0.316 e. The fourth-order valence-electron chi connectivity index (χ4n) is 2.77. The molecule has 3 rings (SSSR count). The van der Waals surface area contributed by atoms with E-state index in [1.54, 1.807) is 4.57 Å². The number of rotatable bonds is 0. The first-order chi connectivity index (χ1) is 7.24. The second-order valence-electron chi connectivity index (χ2n) is 4.50. The molecule has 2 atom stereocenters. The summed E-state index contributed by atoms with van der Waals surface area (Å²) in [6.45, 7) is 2.57. The zero-order chi connectivity index (χ0) is 10.4. The van der Waals surface area contributed by atoms with Crippen molar-refractivity contribution in [3.63, 3.8) is 0 Å². The van der Waals surface area contributed by atoms with E-state index < -0.39 is 5.82 Å². The Labute approximate surface area is 86.9 Å². The van der Waals surface area contributed by atoms with Gasteiger partial charge < -0.3 is 9.88 Å². The summed E-state index contributed by atoms with van der Waals surface area (Å²) in [5.41, 5.74) is 0.671. The molecule has 0 aromatic carbocycles. The van der Waals surface area contributed by atoms with Gasteiger partial charge >= 0.3 is 0 Å². The summed E-state index contributed by atoms with van der Waals surface area (Å²) in [4.78, 5) is 11.6. The van der Waals surface area contributed by atoms with E-state index in [2.05, 4.69) is 5.32 Å². The molecular formula is C11H13FN2O. The van der Waals surface area contributed by atoms with Crippen LogP contribution in [0.25, 0.3) is 0 Å². The van der Waals surface area contributed by atoms with Gasteiger partial charge in [0.05, 0.1) is 0 Å². The predicted octanol–water partition coefficient (Wildman–Crippen LogP) is 0.694. The van der Waals surface area contributed by atoms with Gasteiger partial charge in [0.2, 0.25) is 0 Å². The maximum Gasteiger partial charge on any atom is 0.253 e. The first kappa shape index (κ1) is 9.09. The summed E-state index contributed by atoms with van der Waals surface area (Å²) >= 11 is 0. The SMILES string of the molecule is O=c1cc(F)cc2n1CC1CNC[C@@H]2C1. The van der Waals surface area contributed by atoms with E-state index in [0.29, 0.717) is 11.8 Å². The van der Waals surface area contributed by atoms with Crippen LogP contribution in [0.3, 0.4) is 0 Å². The van der Waals surface area contributed by atoms with Crippen molar-refractivity contribution in [2.24, 2.45) is 5.92 Å². The van der Waals surface area contributed by atoms with Gasteiger partial charge in [0, 0.05) is 30.8 Å². The second-order valence-corrected chi connectivity index (χ2v) is 4.50. The van der Waals surface area contributed by atoms with Crippen LogP contribution >= 0.6 is 0 Å². The molecule has 0 amide bonds. The maximum atomic E-state index is 13.1. The first-order valence-electron chi connectivity index (χ1n) is 5.35. The number of aromatic nitrogens is 1. The fraction of sp³-hybridized carbons (Fsp3) is 0.545. The van der Waals surface area contributed by atoms with Crippen molar-refractivity contribution in [1.29, 1.82) is 0 Å². The van der Waals surface area contributed by atoms with E-state index in [4.69, 9.17) is 0 Å². The van der Waals surface area contributed by atoms with Crippen LogP contribution in [0.2, 0.25) is 0 Å². The van der Waals surface area contributed by atoms with Crippen molar-refractivity contribution >= 4 is 0 Å². The summed E-state index contributed by atoms with van der Waals surface area (Å²) in [5, 5.41) is 3.33. The van der Waals surface area contributed by atoms with Crippen molar-refractivity contribution in [3.8, 4) is 0 Å². The molecular weight excluding hydrogens is 195 g/mol. The van der Waals surface area contributed by atoms with Gasteiger partial charge in [0.25, 0.3) is 5.56 Å². The summed E-state index contributed by atoms with van der Waals surface area (Å²) in [5.74, 6) is 0.426. The van der Waals surface area contributed by atoms with E-state index in [1.807, 2.05) is 0 Å². The summed E-state index contributed by atoms with van der Waals surface area (Å²) in [6, 6.07) is 2.59. The third-order valence-corrected chi connectivity index (χ3v) is 3.43. The van der Waals surface area contributed by atoms with E-state index in [9.17, 15) is 9.18 Å². The second kappa shape index (κ2) is 3.17. The first-order valence-corrected chi connectivity index (χ1v) is 5.35. The molecule has 80 valence electrons. The zero-order valence-electron chi connectivity index (χ0n) is 8.37. The topological polar surface area (TPSA) is 34.0 Å². The fourth-order valence-corrected chi connectivity index (χ4v) is 2.77. The molecule has 0 aliphatic carbocycles. The minimum atomic E-state index is -0.407. The number of hydrogen-bond donors (Lipinski definition) is 1. The van der Waals surface area contributed by atoms with Crippen LogP contribution in [0.1, 0.15) is 18.0 Å². The Morgan fingerprint density at radius 1 is 1.40 bits per heavy atom. The number of fused-ring (bicyclic) bond motifs is 4. The highest BCUT2D eigenvalue weighted by molar-refractivity contribution is 5.17. The van der Waals surface area contributed by atoms with Gasteiger partial charge in [0.1, 0.15) is 5.82 Å². The van der Waals surface area contributed by atoms with E-state index in [-0.39, 0.29) is 5.56 Å². The quantitative estimate of drug-likeness (QED) is 0.680. The third-order valence-electron chi connectivity index (χ3n) is 3.43. The third kappa shape index (κ3) is 1.40. The van der Waals surface area contributed by atoms with E-state index >= 15 is 0 Å². The molecule has 0 radical (unpaired) electrons. The Hall–Kier alpha value is -1.16. The summed E-state index contributed by atoms with van der Waals surface area (Å²) in [7, 11) is 0. The molecule has 3 heterocycles. The highest BCUT2D eigenvalue weighted by Gasteiger charge is 2.30. The number of piperidine rings is 1. The average molecular weight is 208 g/mol. The average Bonchev–Trinajstić information content (AvgIpc) is 2.21. The monoisotopic (exact) mass is 208 g/mol. The number of nitrogens with zero attached hydrogens (tertiary/aromatic N) is 1. The Morgan fingerprint density at radius 2 is 2.27 bits per heavy atom. The highest BCUT2D eigenvalue weighted by atomic mass is 19.1. The van der Waals surface area contributed by atoms with Gasteiger partial charge in [-0.2, -0.15) is 0 Å². The van der Waals surface area contributed by atoms with Crippen molar-refractivity contribution in [1.82, 2.24) is 9.88 Å². The molecule has 1 aromatic heterocycles. The highest BCUT2D eigenvalue weighted by Crippen LogP contribution is 2.31. The lowest BCUT2D eigenvalue weighted by molar-refractivity contribution is 0.256. The molecule has 1 unspecified atom stereocenters. The summed E-state index contributed by atoms with van der Waals surface area (Å²) < 4.78 is 14.9. The molecule has 15 heavy (non-hydrogen) atoms. The van der Waals surface area contributed by atoms with Crippen LogP contribution in [-0.4, -0.2) is 17.7 Å². The Balaban J connectivity index is 2.17. The Bertz CT molecular complexity index is 454. The Morgan fingerprint density at radius 3 is 3.13 bits per heavy atom. The molecule has 1 aromatic rings. The molecule has 0 spiro atoms. The standard InChI is InChI=1S/C11H13FN2O/c12-9-2-10-8-1-7(4-13-5-8)6-14(10)11(15)3-9/h2-3,7-8,13H,1,4-6H2/t7?,8-/m0/s1. The molecule has 3 nitrogen and oxygen atoms in total. The molecule has 2 aliphatic heterocycles. The molecule has 2 aliphatic rings. The van der Waals surface area contributed by atoms with Crippen molar-refractivity contribution < 1.29 is 4.39 Å². The normalized spacial score (nSPS) is 28.6. The molecule has 2 bridgehead atoms. The van der Waals surface area contributed by atoms with Crippen LogP contribution in [0.15, 0.2) is 16.9 Å². The van der Waals surface area contributed by atoms with Gasteiger partial charge in [-0.05, 0) is 24.9 Å². The molecule has 1 fully saturated rings. The Kier molecular flexibility index (Phi) is 1.92. The lowest BCUT2D eigenvalue weighted by Crippen LogP contribution is -2.44. The number of nitrogens with one attached hydrogen (secondary N) is 1.